The number of hydrogen-bond donors (Lipinski definition) is 0. The first-order chi connectivity index (χ1) is 14.8. The Morgan fingerprint density at radius 1 is 0.500 bits per heavy atom. The Kier molecular flexibility index (Phi) is 3.92. The molecule has 0 N–H and O–H groups in total. The van der Waals surface area contributed by atoms with Gasteiger partial charge in [-0.2, -0.15) is 0 Å². The summed E-state index contributed by atoms with van der Waals surface area (Å²) in [6.07, 6.45) is 0.886. The Morgan fingerprint density at radius 2 is 1.23 bits per heavy atom. The van der Waals surface area contributed by atoms with Gasteiger partial charge in [0, 0.05) is 10.9 Å². The van der Waals surface area contributed by atoms with Crippen LogP contribution in [0.2, 0.25) is 0 Å². The lowest BCUT2D eigenvalue weighted by Gasteiger charge is -2.21. The second-order valence-corrected chi connectivity index (χ2v) is 7.83. The number of ether oxygens (including phenoxy) is 1. The topological polar surface area (TPSA) is 9.23 Å². The van der Waals surface area contributed by atoms with Gasteiger partial charge < -0.3 is 4.74 Å². The van der Waals surface area contributed by atoms with Crippen molar-refractivity contribution in [3.63, 3.8) is 0 Å². The minimum Gasteiger partial charge on any atom is -0.456 e. The van der Waals surface area contributed by atoms with Gasteiger partial charge in [-0.15, -0.1) is 0 Å². The molecule has 30 heavy (non-hydrogen) atoms. The molecule has 1 heteroatoms. The lowest BCUT2D eigenvalue weighted by atomic mass is 9.93. The molecule has 142 valence electrons. The van der Waals surface area contributed by atoms with Crippen LogP contribution in [0.1, 0.15) is 11.1 Å². The number of benzene rings is 5. The maximum atomic E-state index is 6.30. The van der Waals surface area contributed by atoms with Crippen molar-refractivity contribution in [3.8, 4) is 33.8 Å². The minimum absolute atomic E-state index is 0.886. The predicted molar refractivity (Wildman–Crippen MR) is 124 cm³/mol. The van der Waals surface area contributed by atoms with Crippen molar-refractivity contribution in [2.24, 2.45) is 0 Å². The largest absolute Gasteiger partial charge is 0.456 e. The molecule has 5 aromatic carbocycles. The summed E-state index contributed by atoms with van der Waals surface area (Å²) in [7, 11) is 0. The standard InChI is InChI=1S/C29H20O/c1-2-6-22(7-3-1)23-15-12-20(13-16-23)18-21-14-17-25-26-10-4-8-24-9-5-11-27(29(24)26)30-28(25)19-21/h1-17,19H,18H2. The second-order valence-electron chi connectivity index (χ2n) is 7.83. The zero-order chi connectivity index (χ0) is 19.9. The highest BCUT2D eigenvalue weighted by atomic mass is 16.5. The number of rotatable bonds is 3. The molecule has 1 nitrogen and oxygen atoms in total. The second kappa shape index (κ2) is 6.89. The number of fused-ring (bicyclic) bond motifs is 2. The molecule has 0 saturated carbocycles. The average molecular weight is 384 g/mol. The first-order valence-corrected chi connectivity index (χ1v) is 10.3. The third-order valence-electron chi connectivity index (χ3n) is 5.89. The van der Waals surface area contributed by atoms with Crippen LogP contribution in [0.3, 0.4) is 0 Å². The number of hydrogen-bond acceptors (Lipinski definition) is 1. The van der Waals surface area contributed by atoms with Crippen LogP contribution in [0.4, 0.5) is 0 Å². The highest BCUT2D eigenvalue weighted by molar-refractivity contribution is 6.04. The summed E-state index contributed by atoms with van der Waals surface area (Å²) in [5.74, 6) is 1.89. The molecule has 6 rings (SSSR count). The molecule has 1 heterocycles. The summed E-state index contributed by atoms with van der Waals surface area (Å²) < 4.78 is 6.30. The van der Waals surface area contributed by atoms with Gasteiger partial charge in [0.15, 0.2) is 0 Å². The van der Waals surface area contributed by atoms with Gasteiger partial charge in [0.05, 0.1) is 0 Å². The van der Waals surface area contributed by atoms with E-state index >= 15 is 0 Å². The Labute approximate surface area is 176 Å². The van der Waals surface area contributed by atoms with Gasteiger partial charge in [0.25, 0.3) is 0 Å². The Morgan fingerprint density at radius 3 is 2.07 bits per heavy atom. The first kappa shape index (κ1) is 17.1. The Bertz CT molecular complexity index is 1360. The highest BCUT2D eigenvalue weighted by Crippen LogP contribution is 2.46. The monoisotopic (exact) mass is 384 g/mol. The fourth-order valence-electron chi connectivity index (χ4n) is 4.40. The summed E-state index contributed by atoms with van der Waals surface area (Å²) in [5.41, 5.74) is 7.48. The maximum Gasteiger partial charge on any atom is 0.135 e. The van der Waals surface area contributed by atoms with Gasteiger partial charge in [-0.1, -0.05) is 97.1 Å². The summed E-state index contributed by atoms with van der Waals surface area (Å²) in [5, 5.41) is 2.43. The van der Waals surface area contributed by atoms with Gasteiger partial charge in [0.2, 0.25) is 0 Å². The van der Waals surface area contributed by atoms with Crippen LogP contribution in [-0.2, 0) is 6.42 Å². The molecule has 0 aromatic heterocycles. The summed E-state index contributed by atoms with van der Waals surface area (Å²) in [6, 6.07) is 38.7. The van der Waals surface area contributed by atoms with Crippen molar-refractivity contribution in [3.05, 3.63) is 120 Å². The third-order valence-corrected chi connectivity index (χ3v) is 5.89. The molecule has 0 amide bonds. The lowest BCUT2D eigenvalue weighted by molar-refractivity contribution is 0.486. The van der Waals surface area contributed by atoms with E-state index in [1.54, 1.807) is 0 Å². The van der Waals surface area contributed by atoms with E-state index in [2.05, 4.69) is 109 Å². The lowest BCUT2D eigenvalue weighted by Crippen LogP contribution is -1.98. The molecule has 1 aliphatic rings. The van der Waals surface area contributed by atoms with E-state index < -0.39 is 0 Å². The van der Waals surface area contributed by atoms with Gasteiger partial charge in [-0.05, 0) is 51.8 Å². The van der Waals surface area contributed by atoms with Crippen molar-refractivity contribution in [1.82, 2.24) is 0 Å². The van der Waals surface area contributed by atoms with Crippen molar-refractivity contribution in [2.75, 3.05) is 0 Å². The minimum atomic E-state index is 0.886. The molecule has 5 aromatic rings. The molecule has 0 aliphatic carbocycles. The Balaban J connectivity index is 1.32. The first-order valence-electron chi connectivity index (χ1n) is 10.3. The van der Waals surface area contributed by atoms with Crippen molar-refractivity contribution < 1.29 is 4.74 Å². The van der Waals surface area contributed by atoms with Gasteiger partial charge in [0.1, 0.15) is 11.5 Å². The molecule has 0 fully saturated rings. The van der Waals surface area contributed by atoms with E-state index in [9.17, 15) is 0 Å². The van der Waals surface area contributed by atoms with E-state index in [1.165, 1.54) is 44.2 Å². The fraction of sp³-hybridized carbons (Fsp3) is 0.0345. The molecule has 1 aliphatic heterocycles. The van der Waals surface area contributed by atoms with E-state index in [0.29, 0.717) is 0 Å². The summed E-state index contributed by atoms with van der Waals surface area (Å²) in [6.45, 7) is 0. The normalized spacial score (nSPS) is 11.7. The fourth-order valence-corrected chi connectivity index (χ4v) is 4.40. The molecule has 0 atom stereocenters. The van der Waals surface area contributed by atoms with Crippen LogP contribution in [0.15, 0.2) is 109 Å². The molecule has 0 spiro atoms. The molecule has 0 saturated heterocycles. The molecule has 0 unspecified atom stereocenters. The van der Waals surface area contributed by atoms with Gasteiger partial charge in [-0.3, -0.25) is 0 Å². The van der Waals surface area contributed by atoms with E-state index in [1.807, 2.05) is 0 Å². The average Bonchev–Trinajstić information content (AvgIpc) is 2.80. The molecule has 0 radical (unpaired) electrons. The van der Waals surface area contributed by atoms with Gasteiger partial charge >= 0.3 is 0 Å². The SMILES string of the molecule is c1ccc(-c2ccc(Cc3ccc4c(c3)Oc3cccc5cccc-4c35)cc2)cc1. The van der Waals surface area contributed by atoms with Gasteiger partial charge in [-0.25, -0.2) is 0 Å². The zero-order valence-corrected chi connectivity index (χ0v) is 16.5. The van der Waals surface area contributed by atoms with Crippen molar-refractivity contribution in [2.45, 2.75) is 6.42 Å². The van der Waals surface area contributed by atoms with Crippen LogP contribution in [-0.4, -0.2) is 0 Å². The van der Waals surface area contributed by atoms with Crippen molar-refractivity contribution >= 4 is 10.8 Å². The Hall–Kier alpha value is -3.84. The molecule has 0 bridgehead atoms. The maximum absolute atomic E-state index is 6.30. The van der Waals surface area contributed by atoms with E-state index in [-0.39, 0.29) is 0 Å². The van der Waals surface area contributed by atoms with Crippen LogP contribution in [0.5, 0.6) is 11.5 Å². The highest BCUT2D eigenvalue weighted by Gasteiger charge is 2.19. The molecular weight excluding hydrogens is 364 g/mol. The van der Waals surface area contributed by atoms with Crippen molar-refractivity contribution in [1.29, 1.82) is 0 Å². The van der Waals surface area contributed by atoms with E-state index in [0.717, 1.165) is 17.9 Å². The van der Waals surface area contributed by atoms with Crippen LogP contribution >= 0.6 is 0 Å². The summed E-state index contributed by atoms with van der Waals surface area (Å²) >= 11 is 0. The van der Waals surface area contributed by atoms with E-state index in [4.69, 9.17) is 4.74 Å². The van der Waals surface area contributed by atoms with Crippen LogP contribution in [0, 0.1) is 0 Å². The predicted octanol–water partition coefficient (Wildman–Crippen LogP) is 7.87. The summed E-state index contributed by atoms with van der Waals surface area (Å²) in [4.78, 5) is 0. The van der Waals surface area contributed by atoms with Crippen LogP contribution in [0.25, 0.3) is 33.0 Å². The zero-order valence-electron chi connectivity index (χ0n) is 16.5. The smallest absolute Gasteiger partial charge is 0.135 e. The quantitative estimate of drug-likeness (QED) is 0.302. The van der Waals surface area contributed by atoms with Crippen LogP contribution < -0.4 is 4.74 Å². The third kappa shape index (κ3) is 2.87. The molecular formula is C29H20O.